The normalized spacial score (nSPS) is 15.8. The lowest BCUT2D eigenvalue weighted by Crippen LogP contribution is -2.50. The molecule has 2 aliphatic carbocycles. The van der Waals surface area contributed by atoms with Crippen LogP contribution >= 0.6 is 0 Å². The molecule has 0 saturated heterocycles. The fraction of sp³-hybridized carbons (Fsp3) is 0.379. The van der Waals surface area contributed by atoms with Gasteiger partial charge in [-0.1, -0.05) is 114 Å². The highest BCUT2D eigenvalue weighted by atomic mass is 28.3. The highest BCUT2D eigenvalue weighted by Gasteiger charge is 2.37. The lowest BCUT2D eigenvalue weighted by atomic mass is 9.81. The summed E-state index contributed by atoms with van der Waals surface area (Å²) >= 11 is 0. The lowest BCUT2D eigenvalue weighted by Gasteiger charge is -2.37. The van der Waals surface area contributed by atoms with Crippen LogP contribution in [-0.4, -0.2) is 8.07 Å². The summed E-state index contributed by atoms with van der Waals surface area (Å²) in [5.41, 5.74) is 9.01. The molecule has 0 amide bonds. The summed E-state index contributed by atoms with van der Waals surface area (Å²) in [5.74, 6) is 0.486. The average molecular weight is 413 g/mol. The van der Waals surface area contributed by atoms with Gasteiger partial charge in [0, 0.05) is 0 Å². The van der Waals surface area contributed by atoms with Crippen molar-refractivity contribution in [1.82, 2.24) is 0 Å². The van der Waals surface area contributed by atoms with Gasteiger partial charge in [0.1, 0.15) is 8.07 Å². The van der Waals surface area contributed by atoms with E-state index in [1.807, 2.05) is 0 Å². The Morgan fingerprint density at radius 1 is 0.900 bits per heavy atom. The smallest absolute Gasteiger partial charge is 0.0809 e. The molecule has 0 heterocycles. The van der Waals surface area contributed by atoms with E-state index < -0.39 is 8.07 Å². The maximum atomic E-state index is 2.57. The third-order valence-corrected chi connectivity index (χ3v) is 10.7. The van der Waals surface area contributed by atoms with E-state index in [-0.39, 0.29) is 5.41 Å². The fourth-order valence-corrected chi connectivity index (χ4v) is 9.04. The lowest BCUT2D eigenvalue weighted by molar-refractivity contribution is 0.592. The summed E-state index contributed by atoms with van der Waals surface area (Å²) in [6.07, 6.45) is 13.8. The predicted octanol–water partition coefficient (Wildman–Crippen LogP) is 7.68. The van der Waals surface area contributed by atoms with Crippen LogP contribution in [0.1, 0.15) is 69.2 Å². The number of benzene rings is 2. The van der Waals surface area contributed by atoms with Crippen molar-refractivity contribution < 1.29 is 0 Å². The van der Waals surface area contributed by atoms with Gasteiger partial charge in [0.2, 0.25) is 0 Å². The largest absolute Gasteiger partial charge is 0.108 e. The molecule has 30 heavy (non-hydrogen) atoms. The molecule has 0 aromatic heterocycles. The summed E-state index contributed by atoms with van der Waals surface area (Å²) < 4.78 is 0. The molecule has 4 rings (SSSR count). The number of hydrogen-bond donors (Lipinski definition) is 0. The molecule has 0 saturated carbocycles. The van der Waals surface area contributed by atoms with E-state index in [1.54, 1.807) is 21.5 Å². The molecule has 0 fully saturated rings. The van der Waals surface area contributed by atoms with Crippen LogP contribution in [0.25, 0.3) is 17.2 Å². The van der Waals surface area contributed by atoms with Gasteiger partial charge >= 0.3 is 0 Å². The second kappa shape index (κ2) is 7.53. The molecule has 156 valence electrons. The second-order valence-electron chi connectivity index (χ2n) is 10.8. The van der Waals surface area contributed by atoms with Crippen LogP contribution in [-0.2, 0) is 11.8 Å². The third-order valence-electron chi connectivity index (χ3n) is 6.94. The minimum absolute atomic E-state index is 0.132. The third kappa shape index (κ3) is 3.48. The SMILES string of the molecule is CC(C)c1c(-c2cccc3c2C=CC3)ccc(C(C)(C)C)c1[Si](C)(C)C1=CC=CC1. The van der Waals surface area contributed by atoms with Crippen LogP contribution in [0.5, 0.6) is 0 Å². The van der Waals surface area contributed by atoms with Gasteiger partial charge in [0.25, 0.3) is 0 Å². The van der Waals surface area contributed by atoms with Crippen molar-refractivity contribution >= 4 is 19.3 Å². The molecule has 0 radical (unpaired) electrons. The van der Waals surface area contributed by atoms with Crippen LogP contribution in [0.2, 0.25) is 13.1 Å². The van der Waals surface area contributed by atoms with E-state index in [0.29, 0.717) is 5.92 Å². The van der Waals surface area contributed by atoms with Crippen LogP contribution in [0.15, 0.2) is 59.8 Å². The minimum atomic E-state index is -1.82. The topological polar surface area (TPSA) is 0 Å². The van der Waals surface area contributed by atoms with Crippen molar-refractivity contribution in [3.63, 3.8) is 0 Å². The number of allylic oxidation sites excluding steroid dienone is 5. The van der Waals surface area contributed by atoms with Crippen molar-refractivity contribution in [2.75, 3.05) is 0 Å². The molecule has 2 aliphatic rings. The molecule has 0 aliphatic heterocycles. The summed E-state index contributed by atoms with van der Waals surface area (Å²) in [4.78, 5) is 0. The van der Waals surface area contributed by atoms with E-state index in [0.717, 1.165) is 12.8 Å². The monoisotopic (exact) mass is 412 g/mol. The van der Waals surface area contributed by atoms with E-state index >= 15 is 0 Å². The van der Waals surface area contributed by atoms with Crippen LogP contribution < -0.4 is 5.19 Å². The molecule has 0 bridgehead atoms. The Labute approximate surface area is 184 Å². The van der Waals surface area contributed by atoms with Gasteiger partial charge in [-0.05, 0) is 62.7 Å². The van der Waals surface area contributed by atoms with Gasteiger partial charge in [-0.25, -0.2) is 0 Å². The Kier molecular flexibility index (Phi) is 5.30. The van der Waals surface area contributed by atoms with E-state index in [4.69, 9.17) is 0 Å². The Hall–Kier alpha value is -2.12. The van der Waals surface area contributed by atoms with Gasteiger partial charge in [-0.15, -0.1) is 0 Å². The maximum absolute atomic E-state index is 2.57. The Balaban J connectivity index is 2.06. The van der Waals surface area contributed by atoms with Crippen LogP contribution in [0.3, 0.4) is 0 Å². The molecule has 2 aromatic carbocycles. The summed E-state index contributed by atoms with van der Waals surface area (Å²) in [6, 6.07) is 11.7. The van der Waals surface area contributed by atoms with Crippen molar-refractivity contribution in [2.45, 2.75) is 71.9 Å². The quantitative estimate of drug-likeness (QED) is 0.452. The summed E-state index contributed by atoms with van der Waals surface area (Å²) in [5, 5.41) is 3.34. The zero-order chi connectivity index (χ0) is 21.7. The van der Waals surface area contributed by atoms with Crippen molar-refractivity contribution in [3.05, 3.63) is 82.1 Å². The molecule has 0 spiro atoms. The van der Waals surface area contributed by atoms with Gasteiger partial charge in [-0.3, -0.25) is 0 Å². The summed E-state index contributed by atoms with van der Waals surface area (Å²) in [6.45, 7) is 17.1. The Morgan fingerprint density at radius 3 is 2.30 bits per heavy atom. The first-order valence-corrected chi connectivity index (χ1v) is 14.4. The van der Waals surface area contributed by atoms with Gasteiger partial charge < -0.3 is 0 Å². The minimum Gasteiger partial charge on any atom is -0.0809 e. The van der Waals surface area contributed by atoms with Gasteiger partial charge in [0.05, 0.1) is 0 Å². The van der Waals surface area contributed by atoms with Crippen LogP contribution in [0.4, 0.5) is 0 Å². The number of hydrogen-bond acceptors (Lipinski definition) is 0. The molecule has 1 heteroatoms. The zero-order valence-corrected chi connectivity index (χ0v) is 20.8. The first-order chi connectivity index (χ1) is 14.1. The van der Waals surface area contributed by atoms with E-state index in [1.165, 1.54) is 22.3 Å². The number of fused-ring (bicyclic) bond motifs is 1. The first-order valence-electron chi connectivity index (χ1n) is 11.4. The molecule has 2 aromatic rings. The van der Waals surface area contributed by atoms with Gasteiger partial charge in [0.15, 0.2) is 0 Å². The molecule has 0 N–H and O–H groups in total. The molecular weight excluding hydrogens is 376 g/mol. The molecule has 0 unspecified atom stereocenters. The van der Waals surface area contributed by atoms with Crippen molar-refractivity contribution in [2.24, 2.45) is 0 Å². The fourth-order valence-electron chi connectivity index (χ4n) is 5.35. The first kappa shape index (κ1) is 21.1. The standard InChI is InChI=1S/C29H36Si/c1-20(2)27-25(24-17-11-13-21-12-10-16-23(21)24)18-19-26(29(3,4)5)28(27)30(6,7)22-14-8-9-15-22/h8-11,13-14,16-20H,12,15H2,1-7H3. The Bertz CT molecular complexity index is 1070. The average Bonchev–Trinajstić information content (AvgIpc) is 3.37. The van der Waals surface area contributed by atoms with E-state index in [2.05, 4.69) is 108 Å². The maximum Gasteiger partial charge on any atom is 0.108 e. The van der Waals surface area contributed by atoms with Crippen LogP contribution in [0, 0.1) is 0 Å². The van der Waals surface area contributed by atoms with Crippen molar-refractivity contribution in [3.8, 4) is 11.1 Å². The number of rotatable bonds is 4. The highest BCUT2D eigenvalue weighted by Crippen LogP contribution is 2.39. The molecule has 0 nitrogen and oxygen atoms in total. The molecular formula is C29H36Si. The van der Waals surface area contributed by atoms with Gasteiger partial charge in [-0.2, -0.15) is 0 Å². The Morgan fingerprint density at radius 2 is 1.67 bits per heavy atom. The van der Waals surface area contributed by atoms with E-state index in [9.17, 15) is 0 Å². The predicted molar refractivity (Wildman–Crippen MR) is 136 cm³/mol. The highest BCUT2D eigenvalue weighted by molar-refractivity contribution is 6.96. The molecule has 0 atom stereocenters. The summed E-state index contributed by atoms with van der Waals surface area (Å²) in [7, 11) is -1.82. The zero-order valence-electron chi connectivity index (χ0n) is 19.8. The second-order valence-corrected chi connectivity index (χ2v) is 15.2. The van der Waals surface area contributed by atoms with Crippen molar-refractivity contribution in [1.29, 1.82) is 0 Å².